The molecule has 0 aliphatic carbocycles. The van der Waals surface area contributed by atoms with Crippen LogP contribution < -0.4 is 10.1 Å². The molecule has 0 heterocycles. The first-order chi connectivity index (χ1) is 13.6. The highest BCUT2D eigenvalue weighted by Crippen LogP contribution is 2.28. The third kappa shape index (κ3) is 4.59. The van der Waals surface area contributed by atoms with E-state index in [1.807, 2.05) is 36.4 Å². The van der Waals surface area contributed by atoms with E-state index in [4.69, 9.17) is 9.47 Å². The van der Waals surface area contributed by atoms with Gasteiger partial charge in [-0.05, 0) is 35.6 Å². The highest BCUT2D eigenvalue weighted by molar-refractivity contribution is 6.01. The van der Waals surface area contributed by atoms with Crippen LogP contribution in [0.4, 0.5) is 0 Å². The molecule has 0 aromatic heterocycles. The Kier molecular flexibility index (Phi) is 6.11. The first-order valence-electron chi connectivity index (χ1n) is 8.86. The lowest BCUT2D eigenvalue weighted by molar-refractivity contribution is -0.124. The summed E-state index contributed by atoms with van der Waals surface area (Å²) in [6, 6.07) is 17.9. The van der Waals surface area contributed by atoms with Gasteiger partial charge < -0.3 is 19.9 Å². The molecule has 144 valence electrons. The summed E-state index contributed by atoms with van der Waals surface area (Å²) in [5.74, 6) is -0.518. The molecule has 0 saturated heterocycles. The lowest BCUT2D eigenvalue weighted by Crippen LogP contribution is -2.30. The Morgan fingerprint density at radius 1 is 1.00 bits per heavy atom. The Labute approximate surface area is 162 Å². The minimum absolute atomic E-state index is 0.0322. The zero-order valence-corrected chi connectivity index (χ0v) is 15.5. The van der Waals surface area contributed by atoms with Gasteiger partial charge in [0.15, 0.2) is 6.61 Å². The number of aromatic hydroxyl groups is 1. The smallest absolute Gasteiger partial charge is 0.342 e. The van der Waals surface area contributed by atoms with Gasteiger partial charge in [0.05, 0.1) is 7.11 Å². The number of carbonyl (C=O) groups excluding carboxylic acids is 2. The van der Waals surface area contributed by atoms with Crippen molar-refractivity contribution in [3.8, 4) is 11.5 Å². The number of fused-ring (bicyclic) bond motifs is 1. The molecule has 0 spiro atoms. The number of methoxy groups -OCH3 is 1. The van der Waals surface area contributed by atoms with Crippen LogP contribution in [-0.2, 0) is 16.0 Å². The zero-order chi connectivity index (χ0) is 19.9. The molecule has 2 N–H and O–H groups in total. The van der Waals surface area contributed by atoms with Crippen molar-refractivity contribution in [2.24, 2.45) is 0 Å². The number of amides is 1. The molecule has 0 radical (unpaired) electrons. The minimum Gasteiger partial charge on any atom is -0.506 e. The molecule has 0 bridgehead atoms. The van der Waals surface area contributed by atoms with Gasteiger partial charge in [-0.1, -0.05) is 42.5 Å². The number of phenolic OH excluding ortho intramolecular Hbond substituents is 1. The van der Waals surface area contributed by atoms with E-state index in [-0.39, 0.29) is 11.3 Å². The zero-order valence-electron chi connectivity index (χ0n) is 15.5. The second-order valence-electron chi connectivity index (χ2n) is 6.21. The van der Waals surface area contributed by atoms with Crippen LogP contribution in [0, 0.1) is 0 Å². The molecule has 0 aliphatic rings. The number of nitrogens with one attached hydrogen (secondary N) is 1. The highest BCUT2D eigenvalue weighted by Gasteiger charge is 2.16. The fourth-order valence-corrected chi connectivity index (χ4v) is 2.82. The van der Waals surface area contributed by atoms with Crippen LogP contribution in [0.2, 0.25) is 0 Å². The molecule has 3 aromatic carbocycles. The van der Waals surface area contributed by atoms with Gasteiger partial charge in [-0.3, -0.25) is 4.79 Å². The van der Waals surface area contributed by atoms with E-state index in [1.165, 1.54) is 6.07 Å². The molecule has 6 nitrogen and oxygen atoms in total. The quantitative estimate of drug-likeness (QED) is 0.617. The van der Waals surface area contributed by atoms with Crippen molar-refractivity contribution in [3.63, 3.8) is 0 Å². The van der Waals surface area contributed by atoms with Gasteiger partial charge in [-0.15, -0.1) is 0 Å². The van der Waals surface area contributed by atoms with E-state index in [0.29, 0.717) is 18.4 Å². The molecule has 6 heteroatoms. The number of rotatable bonds is 7. The van der Waals surface area contributed by atoms with E-state index >= 15 is 0 Å². The van der Waals surface area contributed by atoms with Crippen LogP contribution in [0.1, 0.15) is 15.9 Å². The van der Waals surface area contributed by atoms with Crippen molar-refractivity contribution >= 4 is 22.6 Å². The van der Waals surface area contributed by atoms with E-state index in [1.54, 1.807) is 25.3 Å². The Balaban J connectivity index is 1.49. The summed E-state index contributed by atoms with van der Waals surface area (Å²) in [7, 11) is 1.61. The molecular formula is C22H21NO5. The van der Waals surface area contributed by atoms with Crippen molar-refractivity contribution in [3.05, 3.63) is 71.8 Å². The van der Waals surface area contributed by atoms with Gasteiger partial charge in [0.25, 0.3) is 5.91 Å². The molecular weight excluding hydrogens is 358 g/mol. The predicted molar refractivity (Wildman–Crippen MR) is 106 cm³/mol. The summed E-state index contributed by atoms with van der Waals surface area (Å²) < 4.78 is 10.1. The minimum atomic E-state index is -0.742. The molecule has 1 amide bonds. The second-order valence-corrected chi connectivity index (χ2v) is 6.21. The number of benzene rings is 3. The maximum absolute atomic E-state index is 12.2. The topological polar surface area (TPSA) is 84.9 Å². The first kappa shape index (κ1) is 19.2. The van der Waals surface area contributed by atoms with Gasteiger partial charge in [0.2, 0.25) is 0 Å². The van der Waals surface area contributed by atoms with Gasteiger partial charge in [-0.2, -0.15) is 0 Å². The molecule has 0 atom stereocenters. The third-order valence-corrected chi connectivity index (χ3v) is 4.35. The summed E-state index contributed by atoms with van der Waals surface area (Å²) in [5.41, 5.74) is 1.09. The van der Waals surface area contributed by atoms with Crippen LogP contribution in [0.5, 0.6) is 11.5 Å². The fourth-order valence-electron chi connectivity index (χ4n) is 2.82. The van der Waals surface area contributed by atoms with E-state index in [2.05, 4.69) is 5.32 Å². The number of hydrogen-bond donors (Lipinski definition) is 2. The molecule has 0 saturated carbocycles. The average molecular weight is 379 g/mol. The maximum Gasteiger partial charge on any atom is 0.342 e. The Morgan fingerprint density at radius 2 is 1.75 bits per heavy atom. The van der Waals surface area contributed by atoms with E-state index < -0.39 is 18.5 Å². The van der Waals surface area contributed by atoms with Crippen molar-refractivity contribution in [2.75, 3.05) is 20.3 Å². The van der Waals surface area contributed by atoms with Gasteiger partial charge in [0, 0.05) is 11.9 Å². The fraction of sp³-hybridized carbons (Fsp3) is 0.182. The van der Waals surface area contributed by atoms with Crippen molar-refractivity contribution in [1.29, 1.82) is 0 Å². The maximum atomic E-state index is 12.2. The predicted octanol–water partition coefficient (Wildman–Crippen LogP) is 3.07. The SMILES string of the molecule is COc1ccc(CCNC(=O)COC(=O)c2ccc3ccccc3c2O)cc1. The van der Waals surface area contributed by atoms with Crippen LogP contribution in [-0.4, -0.2) is 37.2 Å². The highest BCUT2D eigenvalue weighted by atomic mass is 16.5. The Bertz CT molecular complexity index is 982. The Hall–Kier alpha value is -3.54. The summed E-state index contributed by atoms with van der Waals surface area (Å²) in [6.07, 6.45) is 0.648. The average Bonchev–Trinajstić information content (AvgIpc) is 2.73. The summed E-state index contributed by atoms with van der Waals surface area (Å²) in [4.78, 5) is 24.1. The normalized spacial score (nSPS) is 10.5. The monoisotopic (exact) mass is 379 g/mol. The van der Waals surface area contributed by atoms with Gasteiger partial charge in [0.1, 0.15) is 17.1 Å². The largest absolute Gasteiger partial charge is 0.506 e. The summed E-state index contributed by atoms with van der Waals surface area (Å²) in [5, 5.41) is 14.3. The third-order valence-electron chi connectivity index (χ3n) is 4.35. The van der Waals surface area contributed by atoms with E-state index in [9.17, 15) is 14.7 Å². The number of ether oxygens (including phenoxy) is 2. The van der Waals surface area contributed by atoms with E-state index in [0.717, 1.165) is 16.7 Å². The van der Waals surface area contributed by atoms with Crippen LogP contribution in [0.25, 0.3) is 10.8 Å². The van der Waals surface area contributed by atoms with Crippen molar-refractivity contribution in [2.45, 2.75) is 6.42 Å². The molecule has 0 unspecified atom stereocenters. The standard InChI is InChI=1S/C22H21NO5/c1-27-17-9-6-15(7-10-17)12-13-23-20(24)14-28-22(26)19-11-8-16-4-2-3-5-18(16)21(19)25/h2-11,25H,12-14H2,1H3,(H,23,24). The molecule has 0 aliphatic heterocycles. The molecule has 28 heavy (non-hydrogen) atoms. The summed E-state index contributed by atoms with van der Waals surface area (Å²) in [6.45, 7) is 0.0116. The lowest BCUT2D eigenvalue weighted by Gasteiger charge is -2.09. The number of esters is 1. The molecule has 3 aromatic rings. The van der Waals surface area contributed by atoms with Crippen molar-refractivity contribution in [1.82, 2.24) is 5.32 Å². The number of phenols is 1. The molecule has 3 rings (SSSR count). The van der Waals surface area contributed by atoms with Crippen LogP contribution >= 0.6 is 0 Å². The van der Waals surface area contributed by atoms with Crippen molar-refractivity contribution < 1.29 is 24.2 Å². The number of hydrogen-bond acceptors (Lipinski definition) is 5. The van der Waals surface area contributed by atoms with Crippen LogP contribution in [0.3, 0.4) is 0 Å². The first-order valence-corrected chi connectivity index (χ1v) is 8.86. The number of carbonyl (C=O) groups is 2. The van der Waals surface area contributed by atoms with Crippen LogP contribution in [0.15, 0.2) is 60.7 Å². The van der Waals surface area contributed by atoms with Gasteiger partial charge in [-0.25, -0.2) is 4.79 Å². The molecule has 0 fully saturated rings. The second kappa shape index (κ2) is 8.90. The lowest BCUT2D eigenvalue weighted by atomic mass is 10.1. The Morgan fingerprint density at radius 3 is 2.50 bits per heavy atom. The van der Waals surface area contributed by atoms with Gasteiger partial charge >= 0.3 is 5.97 Å². The summed E-state index contributed by atoms with van der Waals surface area (Å²) >= 11 is 0.